The summed E-state index contributed by atoms with van der Waals surface area (Å²) in [4.78, 5) is 11.5. The molecule has 0 saturated carbocycles. The lowest BCUT2D eigenvalue weighted by Gasteiger charge is -2.27. The molecule has 0 fully saturated rings. The van der Waals surface area contributed by atoms with Crippen LogP contribution in [0.15, 0.2) is 12.1 Å². The number of primary amides is 1. The summed E-state index contributed by atoms with van der Waals surface area (Å²) < 4.78 is 15.9. The molecule has 1 atom stereocenters. The van der Waals surface area contributed by atoms with Crippen molar-refractivity contribution in [2.75, 3.05) is 21.3 Å². The highest BCUT2D eigenvalue weighted by Crippen LogP contribution is 2.41. The molecule has 1 aromatic rings. The van der Waals surface area contributed by atoms with Crippen LogP contribution >= 0.6 is 0 Å². The zero-order valence-corrected chi connectivity index (χ0v) is 13.2. The first-order valence-corrected chi connectivity index (χ1v) is 6.62. The van der Waals surface area contributed by atoms with Crippen LogP contribution in [0.3, 0.4) is 0 Å². The molecule has 0 heterocycles. The molecule has 1 amide bonds. The zero-order chi connectivity index (χ0) is 16.2. The molecule has 0 bridgehead atoms. The first-order valence-electron chi connectivity index (χ1n) is 6.62. The van der Waals surface area contributed by atoms with Crippen LogP contribution in [0.5, 0.6) is 17.2 Å². The van der Waals surface area contributed by atoms with Crippen molar-refractivity contribution >= 4 is 5.91 Å². The van der Waals surface area contributed by atoms with Crippen LogP contribution in [0, 0.1) is 5.41 Å². The van der Waals surface area contributed by atoms with Crippen molar-refractivity contribution in [2.45, 2.75) is 26.3 Å². The van der Waals surface area contributed by atoms with E-state index in [9.17, 15) is 4.79 Å². The van der Waals surface area contributed by atoms with E-state index in [-0.39, 0.29) is 0 Å². The fourth-order valence-corrected chi connectivity index (χ4v) is 2.15. The molecule has 118 valence electrons. The van der Waals surface area contributed by atoms with E-state index in [4.69, 9.17) is 25.7 Å². The molecule has 0 radical (unpaired) electrons. The van der Waals surface area contributed by atoms with Gasteiger partial charge in [-0.25, -0.2) is 0 Å². The van der Waals surface area contributed by atoms with Crippen LogP contribution in [0.2, 0.25) is 0 Å². The summed E-state index contributed by atoms with van der Waals surface area (Å²) in [7, 11) is 4.65. The molecule has 21 heavy (non-hydrogen) atoms. The highest BCUT2D eigenvalue weighted by atomic mass is 16.5. The Balaban J connectivity index is 3.24. The number of hydrogen-bond acceptors (Lipinski definition) is 5. The lowest BCUT2D eigenvalue weighted by atomic mass is 9.83. The highest BCUT2D eigenvalue weighted by molar-refractivity contribution is 5.80. The Hall–Kier alpha value is -1.95. The normalized spacial score (nSPS) is 12.7. The van der Waals surface area contributed by atoms with Crippen LogP contribution in [0.4, 0.5) is 0 Å². The van der Waals surface area contributed by atoms with Gasteiger partial charge in [0.05, 0.1) is 26.9 Å². The number of nitrogens with two attached hydrogens (primary N) is 2. The summed E-state index contributed by atoms with van der Waals surface area (Å²) in [5, 5.41) is 0. The summed E-state index contributed by atoms with van der Waals surface area (Å²) in [6.45, 7) is 3.52. The van der Waals surface area contributed by atoms with Gasteiger partial charge in [0, 0.05) is 23.6 Å². The van der Waals surface area contributed by atoms with Gasteiger partial charge in [0.1, 0.15) is 17.2 Å². The molecule has 6 heteroatoms. The molecule has 0 aromatic heterocycles. The number of carbonyl (C=O) groups is 1. The van der Waals surface area contributed by atoms with Crippen LogP contribution in [-0.4, -0.2) is 27.2 Å². The number of ether oxygens (including phenoxy) is 3. The Kier molecular flexibility index (Phi) is 5.43. The molecule has 0 aliphatic heterocycles. The molecule has 1 rings (SSSR count). The summed E-state index contributed by atoms with van der Waals surface area (Å²) in [6, 6.07) is 3.01. The standard InChI is InChI=1S/C15H24N2O4/c1-15(2,14(17)18)8-10(16)13-11(20-4)6-9(19-3)7-12(13)21-5/h6-7,10H,8,16H2,1-5H3,(H2,17,18). The van der Waals surface area contributed by atoms with Crippen molar-refractivity contribution in [3.63, 3.8) is 0 Å². The number of rotatable bonds is 7. The maximum atomic E-state index is 11.5. The van der Waals surface area contributed by atoms with Gasteiger partial charge >= 0.3 is 0 Å². The molecular weight excluding hydrogens is 272 g/mol. The minimum absolute atomic E-state index is 0.376. The Labute approximate surface area is 125 Å². The summed E-state index contributed by atoms with van der Waals surface area (Å²) >= 11 is 0. The number of hydrogen-bond donors (Lipinski definition) is 2. The molecule has 6 nitrogen and oxygen atoms in total. The number of methoxy groups -OCH3 is 3. The molecule has 4 N–H and O–H groups in total. The maximum absolute atomic E-state index is 11.5. The van der Waals surface area contributed by atoms with E-state index < -0.39 is 17.4 Å². The van der Waals surface area contributed by atoms with Gasteiger partial charge in [-0.15, -0.1) is 0 Å². The van der Waals surface area contributed by atoms with E-state index in [2.05, 4.69) is 0 Å². The van der Waals surface area contributed by atoms with E-state index in [0.29, 0.717) is 29.2 Å². The molecule has 0 saturated heterocycles. The zero-order valence-electron chi connectivity index (χ0n) is 13.2. The predicted octanol–water partition coefficient (Wildman–Crippen LogP) is 1.61. The first kappa shape index (κ1) is 17.1. The third-order valence-corrected chi connectivity index (χ3v) is 3.52. The van der Waals surface area contributed by atoms with Gasteiger partial charge in [-0.3, -0.25) is 4.79 Å². The predicted molar refractivity (Wildman–Crippen MR) is 80.6 cm³/mol. The third kappa shape index (κ3) is 3.78. The number of amides is 1. The van der Waals surface area contributed by atoms with Crippen LogP contribution in [0.1, 0.15) is 31.9 Å². The third-order valence-electron chi connectivity index (χ3n) is 3.52. The van der Waals surface area contributed by atoms with Gasteiger partial charge in [0.15, 0.2) is 0 Å². The Morgan fingerprint density at radius 3 is 1.95 bits per heavy atom. The fourth-order valence-electron chi connectivity index (χ4n) is 2.15. The molecule has 1 unspecified atom stereocenters. The SMILES string of the molecule is COc1cc(OC)c(C(N)CC(C)(C)C(N)=O)c(OC)c1. The summed E-state index contributed by atoms with van der Waals surface area (Å²) in [5.41, 5.74) is 11.6. The van der Waals surface area contributed by atoms with Gasteiger partial charge in [0.2, 0.25) is 5.91 Å². The van der Waals surface area contributed by atoms with Gasteiger partial charge in [-0.1, -0.05) is 13.8 Å². The van der Waals surface area contributed by atoms with Crippen molar-refractivity contribution < 1.29 is 19.0 Å². The smallest absolute Gasteiger partial charge is 0.223 e. The molecule has 0 aliphatic rings. The average molecular weight is 296 g/mol. The van der Waals surface area contributed by atoms with E-state index >= 15 is 0 Å². The van der Waals surface area contributed by atoms with Crippen molar-refractivity contribution in [1.82, 2.24) is 0 Å². The van der Waals surface area contributed by atoms with E-state index in [1.54, 1.807) is 47.3 Å². The largest absolute Gasteiger partial charge is 0.496 e. The molecular formula is C15H24N2O4. The second-order valence-corrected chi connectivity index (χ2v) is 5.50. The highest BCUT2D eigenvalue weighted by Gasteiger charge is 2.31. The number of benzene rings is 1. The lowest BCUT2D eigenvalue weighted by Crippen LogP contribution is -2.34. The average Bonchev–Trinajstić information content (AvgIpc) is 2.44. The second kappa shape index (κ2) is 6.67. The van der Waals surface area contributed by atoms with E-state index in [1.165, 1.54) is 0 Å². The second-order valence-electron chi connectivity index (χ2n) is 5.50. The minimum Gasteiger partial charge on any atom is -0.496 e. The van der Waals surface area contributed by atoms with Crippen molar-refractivity contribution in [3.8, 4) is 17.2 Å². The molecule has 0 spiro atoms. The fraction of sp³-hybridized carbons (Fsp3) is 0.533. The van der Waals surface area contributed by atoms with Crippen molar-refractivity contribution in [3.05, 3.63) is 17.7 Å². The Morgan fingerprint density at radius 2 is 1.62 bits per heavy atom. The maximum Gasteiger partial charge on any atom is 0.223 e. The molecule has 1 aromatic carbocycles. The van der Waals surface area contributed by atoms with Crippen molar-refractivity contribution in [2.24, 2.45) is 16.9 Å². The summed E-state index contributed by atoms with van der Waals surface area (Å²) in [5.74, 6) is 1.32. The lowest BCUT2D eigenvalue weighted by molar-refractivity contribution is -0.126. The van der Waals surface area contributed by atoms with E-state index in [1.807, 2.05) is 0 Å². The quantitative estimate of drug-likeness (QED) is 0.797. The Morgan fingerprint density at radius 1 is 1.14 bits per heavy atom. The van der Waals surface area contributed by atoms with Gasteiger partial charge in [0.25, 0.3) is 0 Å². The summed E-state index contributed by atoms with van der Waals surface area (Å²) in [6.07, 6.45) is 0.376. The van der Waals surface area contributed by atoms with E-state index in [0.717, 1.165) is 0 Å². The van der Waals surface area contributed by atoms with Gasteiger partial charge in [-0.05, 0) is 6.42 Å². The Bertz CT molecular complexity index is 489. The topological polar surface area (TPSA) is 96.8 Å². The molecule has 0 aliphatic carbocycles. The van der Waals surface area contributed by atoms with Crippen LogP contribution in [0.25, 0.3) is 0 Å². The monoisotopic (exact) mass is 296 g/mol. The van der Waals surface area contributed by atoms with Gasteiger partial charge in [-0.2, -0.15) is 0 Å². The van der Waals surface area contributed by atoms with Crippen molar-refractivity contribution in [1.29, 1.82) is 0 Å². The van der Waals surface area contributed by atoms with Crippen LogP contribution < -0.4 is 25.7 Å². The minimum atomic E-state index is -0.727. The van der Waals surface area contributed by atoms with Crippen LogP contribution in [-0.2, 0) is 4.79 Å². The van der Waals surface area contributed by atoms with Gasteiger partial charge < -0.3 is 25.7 Å². The number of carbonyl (C=O) groups excluding carboxylic acids is 1. The first-order chi connectivity index (χ1) is 9.76.